The highest BCUT2D eigenvalue weighted by Crippen LogP contribution is 2.26. The molecule has 186 valence electrons. The molecule has 10 heteroatoms. The summed E-state index contributed by atoms with van der Waals surface area (Å²) in [7, 11) is -0.114. The molecule has 0 aliphatic rings. The largest absolute Gasteiger partial charge is 0.497 e. The number of aromatic nitrogens is 2. The number of hydrogen-bond acceptors (Lipinski definition) is 8. The molecular formula is C26H27N5O4S. The minimum atomic E-state index is -3.36. The Morgan fingerprint density at radius 2 is 1.47 bits per heavy atom. The fourth-order valence-corrected chi connectivity index (χ4v) is 4.01. The maximum atomic E-state index is 11.6. The van der Waals surface area contributed by atoms with E-state index in [9.17, 15) is 8.42 Å². The molecule has 0 spiro atoms. The van der Waals surface area contributed by atoms with Crippen molar-refractivity contribution >= 4 is 33.2 Å². The predicted molar refractivity (Wildman–Crippen MR) is 143 cm³/mol. The van der Waals surface area contributed by atoms with Crippen LogP contribution in [0.4, 0.5) is 23.1 Å². The summed E-state index contributed by atoms with van der Waals surface area (Å²) >= 11 is 0. The van der Waals surface area contributed by atoms with Gasteiger partial charge in [0.25, 0.3) is 0 Å². The average molecular weight is 506 g/mol. The van der Waals surface area contributed by atoms with E-state index in [2.05, 4.69) is 20.3 Å². The summed E-state index contributed by atoms with van der Waals surface area (Å²) in [5.74, 6) is 2.53. The van der Waals surface area contributed by atoms with Crippen LogP contribution >= 0.6 is 0 Å². The van der Waals surface area contributed by atoms with Gasteiger partial charge in [-0.15, -0.1) is 0 Å². The zero-order chi connectivity index (χ0) is 25.5. The van der Waals surface area contributed by atoms with Crippen LogP contribution < -0.4 is 24.8 Å². The number of nitrogens with zero attached hydrogens (tertiary/aromatic N) is 2. The molecule has 0 saturated carbocycles. The zero-order valence-corrected chi connectivity index (χ0v) is 21.0. The number of anilines is 4. The third-order valence-corrected chi connectivity index (χ3v) is 5.77. The van der Waals surface area contributed by atoms with Crippen molar-refractivity contribution in [2.75, 3.05) is 35.8 Å². The van der Waals surface area contributed by atoms with Gasteiger partial charge in [-0.3, -0.25) is 4.72 Å². The van der Waals surface area contributed by atoms with Gasteiger partial charge < -0.3 is 20.1 Å². The molecule has 0 aliphatic carbocycles. The molecule has 0 fully saturated rings. The summed E-state index contributed by atoms with van der Waals surface area (Å²) in [5, 5.41) is 6.56. The molecule has 36 heavy (non-hydrogen) atoms. The standard InChI is InChI=1S/C26H27N5O4S/c1-34-22-11-7-19(8-12-22)24-16-25(27-17-18-5-4-6-21(15-18)31-36(3,32)33)30-26(29-24)28-20-9-13-23(35-2)14-10-20/h4-16,31H,17H2,1-3H3,(H2,27,28,29,30). The maximum absolute atomic E-state index is 11.6. The summed E-state index contributed by atoms with van der Waals surface area (Å²) < 4.78 is 36.1. The monoisotopic (exact) mass is 505 g/mol. The van der Waals surface area contributed by atoms with Crippen LogP contribution in [0.1, 0.15) is 5.56 Å². The number of ether oxygens (including phenoxy) is 2. The lowest BCUT2D eigenvalue weighted by Crippen LogP contribution is -2.10. The van der Waals surface area contributed by atoms with E-state index in [1.165, 1.54) is 0 Å². The van der Waals surface area contributed by atoms with Crippen LogP contribution in [0, 0.1) is 0 Å². The van der Waals surface area contributed by atoms with Gasteiger partial charge in [-0.25, -0.2) is 13.4 Å². The van der Waals surface area contributed by atoms with Crippen molar-refractivity contribution in [2.45, 2.75) is 6.54 Å². The number of methoxy groups -OCH3 is 2. The second kappa shape index (κ2) is 11.0. The van der Waals surface area contributed by atoms with E-state index < -0.39 is 10.0 Å². The molecule has 0 aliphatic heterocycles. The number of nitrogens with one attached hydrogen (secondary N) is 3. The van der Waals surface area contributed by atoms with Crippen LogP contribution in [-0.4, -0.2) is 38.9 Å². The summed E-state index contributed by atoms with van der Waals surface area (Å²) in [6.07, 6.45) is 1.12. The first-order valence-corrected chi connectivity index (χ1v) is 13.0. The molecule has 1 aromatic heterocycles. The van der Waals surface area contributed by atoms with Gasteiger partial charge in [0.2, 0.25) is 16.0 Å². The summed E-state index contributed by atoms with van der Waals surface area (Å²) in [6.45, 7) is 0.431. The van der Waals surface area contributed by atoms with Crippen molar-refractivity contribution < 1.29 is 17.9 Å². The number of benzene rings is 3. The van der Waals surface area contributed by atoms with Gasteiger partial charge in [0.15, 0.2) is 0 Å². The molecule has 9 nitrogen and oxygen atoms in total. The Morgan fingerprint density at radius 1 is 0.806 bits per heavy atom. The molecular weight excluding hydrogens is 478 g/mol. The molecule has 0 radical (unpaired) electrons. The minimum Gasteiger partial charge on any atom is -0.497 e. The van der Waals surface area contributed by atoms with E-state index in [1.54, 1.807) is 32.4 Å². The minimum absolute atomic E-state index is 0.420. The van der Waals surface area contributed by atoms with Crippen molar-refractivity contribution in [3.8, 4) is 22.8 Å². The van der Waals surface area contributed by atoms with Crippen LogP contribution in [-0.2, 0) is 16.6 Å². The van der Waals surface area contributed by atoms with Gasteiger partial charge in [0, 0.05) is 29.5 Å². The summed E-state index contributed by atoms with van der Waals surface area (Å²) in [6, 6.07) is 24.1. The van der Waals surface area contributed by atoms with Gasteiger partial charge in [-0.2, -0.15) is 4.98 Å². The van der Waals surface area contributed by atoms with Gasteiger partial charge in [0.1, 0.15) is 17.3 Å². The van der Waals surface area contributed by atoms with Crippen molar-refractivity contribution in [3.63, 3.8) is 0 Å². The van der Waals surface area contributed by atoms with E-state index in [-0.39, 0.29) is 0 Å². The highest BCUT2D eigenvalue weighted by Gasteiger charge is 2.09. The molecule has 4 rings (SSSR count). The zero-order valence-electron chi connectivity index (χ0n) is 20.1. The van der Waals surface area contributed by atoms with Gasteiger partial charge in [-0.1, -0.05) is 12.1 Å². The van der Waals surface area contributed by atoms with E-state index in [4.69, 9.17) is 14.5 Å². The Hall–Kier alpha value is -4.31. The van der Waals surface area contributed by atoms with Crippen LogP contribution in [0.3, 0.4) is 0 Å². The Balaban J connectivity index is 1.60. The fraction of sp³-hybridized carbons (Fsp3) is 0.154. The number of hydrogen-bond donors (Lipinski definition) is 3. The number of rotatable bonds is 10. The van der Waals surface area contributed by atoms with Gasteiger partial charge >= 0.3 is 0 Å². The Morgan fingerprint density at radius 3 is 2.11 bits per heavy atom. The lowest BCUT2D eigenvalue weighted by Gasteiger charge is -2.13. The third-order valence-electron chi connectivity index (χ3n) is 5.16. The molecule has 4 aromatic rings. The molecule has 0 saturated heterocycles. The van der Waals surface area contributed by atoms with E-state index in [1.807, 2.05) is 60.7 Å². The topological polar surface area (TPSA) is 114 Å². The second-order valence-electron chi connectivity index (χ2n) is 7.97. The second-order valence-corrected chi connectivity index (χ2v) is 9.72. The van der Waals surface area contributed by atoms with E-state index in [0.717, 1.165) is 40.3 Å². The maximum Gasteiger partial charge on any atom is 0.229 e. The first kappa shape index (κ1) is 24.8. The number of sulfonamides is 1. The van der Waals surface area contributed by atoms with E-state index in [0.29, 0.717) is 24.0 Å². The van der Waals surface area contributed by atoms with Crippen LogP contribution in [0.2, 0.25) is 0 Å². The first-order chi connectivity index (χ1) is 17.3. The highest BCUT2D eigenvalue weighted by atomic mass is 32.2. The summed E-state index contributed by atoms with van der Waals surface area (Å²) in [5.41, 5.74) is 3.82. The van der Waals surface area contributed by atoms with Crippen molar-refractivity contribution in [1.29, 1.82) is 0 Å². The molecule has 0 atom stereocenters. The Kier molecular flexibility index (Phi) is 7.55. The Bertz CT molecular complexity index is 1430. The van der Waals surface area contributed by atoms with Crippen LogP contribution in [0.5, 0.6) is 11.5 Å². The fourth-order valence-electron chi connectivity index (χ4n) is 3.46. The van der Waals surface area contributed by atoms with Gasteiger partial charge in [-0.05, 0) is 66.2 Å². The lowest BCUT2D eigenvalue weighted by molar-refractivity contribution is 0.415. The average Bonchev–Trinajstić information content (AvgIpc) is 2.87. The molecule has 0 unspecified atom stereocenters. The van der Waals surface area contributed by atoms with Crippen LogP contribution in [0.25, 0.3) is 11.3 Å². The van der Waals surface area contributed by atoms with Gasteiger partial charge in [0.05, 0.1) is 26.2 Å². The SMILES string of the molecule is COc1ccc(Nc2nc(NCc3cccc(NS(C)(=O)=O)c3)cc(-c3ccc(OC)cc3)n2)cc1. The molecule has 0 amide bonds. The predicted octanol–water partition coefficient (Wildman–Crippen LogP) is 4.89. The highest BCUT2D eigenvalue weighted by molar-refractivity contribution is 7.92. The molecule has 0 bridgehead atoms. The molecule has 3 aromatic carbocycles. The molecule has 3 N–H and O–H groups in total. The molecule has 1 heterocycles. The lowest BCUT2D eigenvalue weighted by atomic mass is 10.1. The van der Waals surface area contributed by atoms with Crippen molar-refractivity contribution in [3.05, 3.63) is 84.4 Å². The summed E-state index contributed by atoms with van der Waals surface area (Å²) in [4.78, 5) is 9.32. The quantitative estimate of drug-likeness (QED) is 0.279. The Labute approximate surface area is 210 Å². The third kappa shape index (κ3) is 6.86. The van der Waals surface area contributed by atoms with Crippen molar-refractivity contribution in [1.82, 2.24) is 9.97 Å². The van der Waals surface area contributed by atoms with E-state index >= 15 is 0 Å². The first-order valence-electron chi connectivity index (χ1n) is 11.1. The smallest absolute Gasteiger partial charge is 0.229 e. The van der Waals surface area contributed by atoms with Crippen LogP contribution in [0.15, 0.2) is 78.9 Å². The van der Waals surface area contributed by atoms with Crippen molar-refractivity contribution in [2.24, 2.45) is 0 Å². The normalized spacial score (nSPS) is 11.0.